The minimum Gasteiger partial charge on any atom is -0.361 e. The number of fused-ring (bicyclic) bond motifs is 1. The Bertz CT molecular complexity index is 1160. The zero-order valence-corrected chi connectivity index (χ0v) is 18.2. The van der Waals surface area contributed by atoms with Gasteiger partial charge in [-0.25, -0.2) is 15.0 Å². The van der Waals surface area contributed by atoms with Crippen molar-refractivity contribution in [3.63, 3.8) is 0 Å². The molecule has 0 aliphatic carbocycles. The lowest BCUT2D eigenvalue weighted by atomic mass is 10.1. The summed E-state index contributed by atoms with van der Waals surface area (Å²) >= 11 is 1.67. The normalized spacial score (nSPS) is 19.2. The third-order valence-corrected chi connectivity index (χ3v) is 6.29. The number of amidine groups is 1. The number of anilines is 2. The molecule has 1 saturated heterocycles. The van der Waals surface area contributed by atoms with Crippen LogP contribution in [-0.2, 0) is 0 Å². The molecule has 2 aromatic heterocycles. The fraction of sp³-hybridized carbons (Fsp3) is 0.261. The number of rotatable bonds is 4. The summed E-state index contributed by atoms with van der Waals surface area (Å²) in [6, 6.07) is 10.5. The van der Waals surface area contributed by atoms with E-state index < -0.39 is 0 Å². The fourth-order valence-electron chi connectivity index (χ4n) is 3.72. The van der Waals surface area contributed by atoms with Gasteiger partial charge in [-0.1, -0.05) is 30.0 Å². The highest BCUT2D eigenvalue weighted by Gasteiger charge is 2.16. The van der Waals surface area contributed by atoms with E-state index in [1.807, 2.05) is 25.4 Å². The maximum atomic E-state index is 4.62. The molecule has 0 bridgehead atoms. The van der Waals surface area contributed by atoms with Gasteiger partial charge >= 0.3 is 0 Å². The van der Waals surface area contributed by atoms with Crippen LogP contribution in [0.15, 0.2) is 59.9 Å². The lowest BCUT2D eigenvalue weighted by molar-refractivity contribution is 0.584. The molecule has 31 heavy (non-hydrogen) atoms. The van der Waals surface area contributed by atoms with Crippen molar-refractivity contribution in [3.05, 3.63) is 66.3 Å². The lowest BCUT2D eigenvalue weighted by Crippen LogP contribution is -2.44. The Morgan fingerprint density at radius 2 is 2.06 bits per heavy atom. The largest absolute Gasteiger partial charge is 0.361 e. The quantitative estimate of drug-likeness (QED) is 0.583. The average molecular weight is 432 g/mol. The molecular weight excluding hydrogens is 406 g/mol. The molecule has 1 atom stereocenters. The molecule has 7 nitrogen and oxygen atoms in total. The fourth-order valence-corrected chi connectivity index (χ4v) is 4.57. The molecule has 1 unspecified atom stereocenters. The van der Waals surface area contributed by atoms with Crippen LogP contribution in [0.1, 0.15) is 11.4 Å². The molecule has 2 aliphatic rings. The first-order valence-corrected chi connectivity index (χ1v) is 11.4. The Morgan fingerprint density at radius 1 is 1.16 bits per heavy atom. The molecule has 3 N–H and O–H groups in total. The van der Waals surface area contributed by atoms with Gasteiger partial charge in [-0.2, -0.15) is 0 Å². The van der Waals surface area contributed by atoms with Gasteiger partial charge in [-0.05, 0) is 42.1 Å². The van der Waals surface area contributed by atoms with E-state index in [4.69, 9.17) is 0 Å². The van der Waals surface area contributed by atoms with Crippen molar-refractivity contribution < 1.29 is 0 Å². The van der Waals surface area contributed by atoms with Gasteiger partial charge in [-0.3, -0.25) is 0 Å². The van der Waals surface area contributed by atoms with Crippen LogP contribution in [0.5, 0.6) is 0 Å². The van der Waals surface area contributed by atoms with E-state index in [9.17, 15) is 0 Å². The minimum absolute atomic E-state index is 0.206. The van der Waals surface area contributed by atoms with Crippen molar-refractivity contribution in [1.29, 1.82) is 0 Å². The molecule has 2 aliphatic heterocycles. The van der Waals surface area contributed by atoms with Crippen molar-refractivity contribution in [2.75, 3.05) is 36.4 Å². The number of hydrogen-bond acceptors (Lipinski definition) is 7. The number of aromatic nitrogens is 3. The number of benzene rings is 1. The summed E-state index contributed by atoms with van der Waals surface area (Å²) in [6.45, 7) is 5.79. The molecule has 4 heterocycles. The Morgan fingerprint density at radius 3 is 2.97 bits per heavy atom. The van der Waals surface area contributed by atoms with E-state index in [2.05, 4.69) is 78.0 Å². The van der Waals surface area contributed by atoms with Crippen molar-refractivity contribution in [2.45, 2.75) is 12.2 Å². The second-order valence-corrected chi connectivity index (χ2v) is 8.73. The van der Waals surface area contributed by atoms with Gasteiger partial charge in [0.25, 0.3) is 0 Å². The van der Waals surface area contributed by atoms with Gasteiger partial charge in [0.05, 0.1) is 5.25 Å². The van der Waals surface area contributed by atoms with Crippen LogP contribution >= 0.6 is 11.8 Å². The summed E-state index contributed by atoms with van der Waals surface area (Å²) in [4.78, 5) is 19.2. The number of H-pyrrole nitrogens is 1. The van der Waals surface area contributed by atoms with Crippen LogP contribution in [0.3, 0.4) is 0 Å². The van der Waals surface area contributed by atoms with E-state index in [0.717, 1.165) is 54.3 Å². The van der Waals surface area contributed by atoms with Crippen LogP contribution in [0.4, 0.5) is 11.6 Å². The first kappa shape index (κ1) is 19.8. The highest BCUT2D eigenvalue weighted by molar-refractivity contribution is 8.15. The van der Waals surface area contributed by atoms with Crippen molar-refractivity contribution in [3.8, 4) is 0 Å². The molecule has 0 radical (unpaired) electrons. The zero-order chi connectivity index (χ0) is 21.0. The summed E-state index contributed by atoms with van der Waals surface area (Å²) < 4.78 is 0. The van der Waals surface area contributed by atoms with Crippen LogP contribution in [0, 0.1) is 6.92 Å². The number of thioether (sulfide) groups is 1. The van der Waals surface area contributed by atoms with E-state index in [0.29, 0.717) is 0 Å². The SMILES string of the molecule is Cc1nc(NC2=NC=CC(/C=C/c3ccc4[nH]ccc4c3)S2)cc(N2CCNCC2)n1. The predicted octanol–water partition coefficient (Wildman–Crippen LogP) is 3.79. The van der Waals surface area contributed by atoms with Gasteiger partial charge in [0.2, 0.25) is 0 Å². The molecule has 1 aromatic carbocycles. The van der Waals surface area contributed by atoms with Gasteiger partial charge in [0, 0.05) is 50.2 Å². The maximum absolute atomic E-state index is 4.62. The molecule has 0 amide bonds. The Kier molecular flexibility index (Phi) is 5.73. The third kappa shape index (κ3) is 4.81. The zero-order valence-electron chi connectivity index (χ0n) is 17.4. The number of aliphatic imine (C=N–C) groups is 1. The molecule has 0 saturated carbocycles. The van der Waals surface area contributed by atoms with Gasteiger partial charge in [0.15, 0.2) is 5.17 Å². The minimum atomic E-state index is 0.206. The first-order valence-electron chi connectivity index (χ1n) is 10.5. The number of nitrogens with one attached hydrogen (secondary N) is 3. The summed E-state index contributed by atoms with van der Waals surface area (Å²) in [5.74, 6) is 2.50. The van der Waals surface area contributed by atoms with Crippen LogP contribution in [-0.4, -0.2) is 51.5 Å². The summed E-state index contributed by atoms with van der Waals surface area (Å²) in [5, 5.41) is 9.02. The second-order valence-electron chi connectivity index (χ2n) is 7.56. The molecular formula is C23H25N7S. The molecule has 3 aromatic rings. The molecule has 5 rings (SSSR count). The standard InChI is InChI=1S/C23H25N7S/c1-16-27-21(15-22(28-16)30-12-10-24-11-13-30)29-23-26-9-7-19(31-23)4-2-17-3-5-20-18(14-17)6-8-25-20/h2-9,14-15,19,24-25H,10-13H2,1H3,(H,26,27,28,29)/b4-2+. The monoisotopic (exact) mass is 431 g/mol. The Hall–Kier alpha value is -3.10. The summed E-state index contributed by atoms with van der Waals surface area (Å²) in [7, 11) is 0. The third-order valence-electron chi connectivity index (χ3n) is 5.27. The summed E-state index contributed by atoms with van der Waals surface area (Å²) in [5.41, 5.74) is 2.34. The molecule has 0 spiro atoms. The van der Waals surface area contributed by atoms with Gasteiger partial charge < -0.3 is 20.5 Å². The number of aromatic amines is 1. The van der Waals surface area contributed by atoms with Crippen molar-refractivity contribution in [1.82, 2.24) is 20.3 Å². The Balaban J connectivity index is 1.26. The van der Waals surface area contributed by atoms with Gasteiger partial charge in [0.1, 0.15) is 17.5 Å². The highest BCUT2D eigenvalue weighted by Crippen LogP contribution is 2.24. The number of nitrogens with zero attached hydrogens (tertiary/aromatic N) is 4. The second kappa shape index (κ2) is 8.95. The van der Waals surface area contributed by atoms with E-state index in [1.165, 1.54) is 10.9 Å². The topological polar surface area (TPSA) is 81.2 Å². The number of hydrogen-bond donors (Lipinski definition) is 3. The van der Waals surface area contributed by atoms with Crippen LogP contribution in [0.25, 0.3) is 17.0 Å². The number of piperazine rings is 1. The van der Waals surface area contributed by atoms with Crippen molar-refractivity contribution >= 4 is 45.5 Å². The van der Waals surface area contributed by atoms with E-state index in [-0.39, 0.29) is 5.25 Å². The summed E-state index contributed by atoms with van der Waals surface area (Å²) in [6.07, 6.45) is 10.3. The highest BCUT2D eigenvalue weighted by atomic mass is 32.2. The smallest absolute Gasteiger partial charge is 0.167 e. The van der Waals surface area contributed by atoms with Crippen LogP contribution in [0.2, 0.25) is 0 Å². The lowest BCUT2D eigenvalue weighted by Gasteiger charge is -2.28. The van der Waals surface area contributed by atoms with Crippen molar-refractivity contribution in [2.24, 2.45) is 4.99 Å². The van der Waals surface area contributed by atoms with Gasteiger partial charge in [-0.15, -0.1) is 0 Å². The van der Waals surface area contributed by atoms with E-state index in [1.54, 1.807) is 11.8 Å². The average Bonchev–Trinajstić information content (AvgIpc) is 3.26. The van der Waals surface area contributed by atoms with Crippen LogP contribution < -0.4 is 15.5 Å². The van der Waals surface area contributed by atoms with E-state index >= 15 is 0 Å². The Labute approximate surface area is 185 Å². The molecule has 8 heteroatoms. The number of aryl methyl sites for hydroxylation is 1. The predicted molar refractivity (Wildman–Crippen MR) is 131 cm³/mol. The first-order chi connectivity index (χ1) is 15.2. The molecule has 1 fully saturated rings. The maximum Gasteiger partial charge on any atom is 0.167 e. The molecule has 158 valence electrons.